The lowest BCUT2D eigenvalue weighted by atomic mass is 10.2. The van der Waals surface area contributed by atoms with Crippen molar-refractivity contribution in [1.29, 1.82) is 0 Å². The SMILES string of the molecule is O=C(Nc1cccc(N2CCCC2)c1)c1ccc(F)cc1. The van der Waals surface area contributed by atoms with Gasteiger partial charge in [-0.2, -0.15) is 0 Å². The molecule has 21 heavy (non-hydrogen) atoms. The van der Waals surface area contributed by atoms with Crippen LogP contribution in [0.4, 0.5) is 15.8 Å². The van der Waals surface area contributed by atoms with Crippen molar-refractivity contribution in [3.8, 4) is 0 Å². The van der Waals surface area contributed by atoms with Gasteiger partial charge >= 0.3 is 0 Å². The number of nitrogens with zero attached hydrogens (tertiary/aromatic N) is 1. The molecule has 1 N–H and O–H groups in total. The van der Waals surface area contributed by atoms with Crippen LogP contribution in [0, 0.1) is 5.82 Å². The molecule has 0 aliphatic carbocycles. The van der Waals surface area contributed by atoms with Gasteiger partial charge < -0.3 is 10.2 Å². The van der Waals surface area contributed by atoms with E-state index in [1.165, 1.54) is 37.1 Å². The predicted molar refractivity (Wildman–Crippen MR) is 82.2 cm³/mol. The summed E-state index contributed by atoms with van der Waals surface area (Å²) in [7, 11) is 0. The molecule has 0 unspecified atom stereocenters. The van der Waals surface area contributed by atoms with Gasteiger partial charge in [0.1, 0.15) is 5.82 Å². The van der Waals surface area contributed by atoms with Gasteiger partial charge in [0.15, 0.2) is 0 Å². The zero-order valence-corrected chi connectivity index (χ0v) is 11.7. The Bertz CT molecular complexity index is 633. The van der Waals surface area contributed by atoms with Crippen LogP contribution in [-0.2, 0) is 0 Å². The zero-order valence-electron chi connectivity index (χ0n) is 11.7. The third-order valence-electron chi connectivity index (χ3n) is 3.68. The normalized spacial score (nSPS) is 14.2. The lowest BCUT2D eigenvalue weighted by molar-refractivity contribution is 0.102. The van der Waals surface area contributed by atoms with Crippen molar-refractivity contribution in [3.05, 3.63) is 59.9 Å². The van der Waals surface area contributed by atoms with E-state index < -0.39 is 0 Å². The number of halogens is 1. The number of carbonyl (C=O) groups is 1. The summed E-state index contributed by atoms with van der Waals surface area (Å²) in [6, 6.07) is 13.4. The molecule has 3 nitrogen and oxygen atoms in total. The molecule has 0 atom stereocenters. The second-order valence-corrected chi connectivity index (χ2v) is 5.21. The van der Waals surface area contributed by atoms with Crippen LogP contribution in [0.3, 0.4) is 0 Å². The quantitative estimate of drug-likeness (QED) is 0.932. The molecule has 4 heteroatoms. The van der Waals surface area contributed by atoms with Gasteiger partial charge in [-0.15, -0.1) is 0 Å². The van der Waals surface area contributed by atoms with Gasteiger partial charge in [-0.05, 0) is 55.3 Å². The summed E-state index contributed by atoms with van der Waals surface area (Å²) in [5.74, 6) is -0.573. The van der Waals surface area contributed by atoms with Crippen LogP contribution in [0.1, 0.15) is 23.2 Å². The molecule has 1 saturated heterocycles. The highest BCUT2D eigenvalue weighted by Gasteiger charge is 2.13. The van der Waals surface area contributed by atoms with E-state index in [2.05, 4.69) is 16.3 Å². The summed E-state index contributed by atoms with van der Waals surface area (Å²) in [5, 5.41) is 2.85. The number of benzene rings is 2. The average Bonchev–Trinajstić information content (AvgIpc) is 3.02. The molecule has 1 aliphatic heterocycles. The van der Waals surface area contributed by atoms with Crippen molar-refractivity contribution in [1.82, 2.24) is 0 Å². The third-order valence-corrected chi connectivity index (χ3v) is 3.68. The first-order chi connectivity index (χ1) is 10.2. The first-order valence-electron chi connectivity index (χ1n) is 7.14. The van der Waals surface area contributed by atoms with Gasteiger partial charge in [0.05, 0.1) is 0 Å². The molecule has 3 rings (SSSR count). The van der Waals surface area contributed by atoms with Crippen molar-refractivity contribution in [3.63, 3.8) is 0 Å². The molecule has 1 aliphatic rings. The maximum Gasteiger partial charge on any atom is 0.255 e. The minimum Gasteiger partial charge on any atom is -0.371 e. The second kappa shape index (κ2) is 5.95. The van der Waals surface area contributed by atoms with Crippen LogP contribution in [0.15, 0.2) is 48.5 Å². The first kappa shape index (κ1) is 13.6. The van der Waals surface area contributed by atoms with Crippen molar-refractivity contribution >= 4 is 17.3 Å². The molecule has 0 aromatic heterocycles. The number of amides is 1. The second-order valence-electron chi connectivity index (χ2n) is 5.21. The zero-order chi connectivity index (χ0) is 14.7. The molecule has 1 fully saturated rings. The minimum absolute atomic E-state index is 0.228. The first-order valence-corrected chi connectivity index (χ1v) is 7.14. The Kier molecular flexibility index (Phi) is 3.86. The summed E-state index contributed by atoms with van der Waals surface area (Å²) < 4.78 is 12.9. The lowest BCUT2D eigenvalue weighted by Crippen LogP contribution is -2.18. The highest BCUT2D eigenvalue weighted by Crippen LogP contribution is 2.23. The Balaban J connectivity index is 1.73. The topological polar surface area (TPSA) is 32.3 Å². The van der Waals surface area contributed by atoms with Gasteiger partial charge in [-0.3, -0.25) is 4.79 Å². The van der Waals surface area contributed by atoms with Crippen LogP contribution in [0.2, 0.25) is 0 Å². The Labute approximate surface area is 123 Å². The maximum absolute atomic E-state index is 12.9. The number of hydrogen-bond acceptors (Lipinski definition) is 2. The predicted octanol–water partition coefficient (Wildman–Crippen LogP) is 3.68. The fraction of sp³-hybridized carbons (Fsp3) is 0.235. The van der Waals surface area contributed by atoms with Crippen LogP contribution in [0.25, 0.3) is 0 Å². The van der Waals surface area contributed by atoms with E-state index in [4.69, 9.17) is 0 Å². The fourth-order valence-corrected chi connectivity index (χ4v) is 2.56. The fourth-order valence-electron chi connectivity index (χ4n) is 2.56. The molecule has 108 valence electrons. The van der Waals surface area contributed by atoms with Crippen LogP contribution in [-0.4, -0.2) is 19.0 Å². The Hall–Kier alpha value is -2.36. The maximum atomic E-state index is 12.9. The summed E-state index contributed by atoms with van der Waals surface area (Å²) in [4.78, 5) is 14.4. The van der Waals surface area contributed by atoms with E-state index in [0.717, 1.165) is 24.5 Å². The van der Waals surface area contributed by atoms with Gasteiger partial charge in [-0.25, -0.2) is 4.39 Å². The van der Waals surface area contributed by atoms with E-state index in [0.29, 0.717) is 5.56 Å². The molecule has 0 bridgehead atoms. The molecule has 1 amide bonds. The van der Waals surface area contributed by atoms with Crippen LogP contribution >= 0.6 is 0 Å². The van der Waals surface area contributed by atoms with E-state index in [1.807, 2.05) is 18.2 Å². The van der Waals surface area contributed by atoms with Gasteiger partial charge in [0, 0.05) is 30.0 Å². The molecule has 2 aromatic carbocycles. The molecular formula is C17H17FN2O. The number of anilines is 2. The number of carbonyl (C=O) groups excluding carboxylic acids is 1. The lowest BCUT2D eigenvalue weighted by Gasteiger charge is -2.18. The number of hydrogen-bond donors (Lipinski definition) is 1. The molecule has 0 saturated carbocycles. The number of nitrogens with one attached hydrogen (secondary N) is 1. The van der Waals surface area contributed by atoms with Gasteiger partial charge in [0.2, 0.25) is 0 Å². The highest BCUT2D eigenvalue weighted by atomic mass is 19.1. The van der Waals surface area contributed by atoms with E-state index in [-0.39, 0.29) is 11.7 Å². The minimum atomic E-state index is -0.345. The van der Waals surface area contributed by atoms with Crippen molar-refractivity contribution < 1.29 is 9.18 Å². The highest BCUT2D eigenvalue weighted by molar-refractivity contribution is 6.04. The standard InChI is InChI=1S/C17H17FN2O/c18-14-8-6-13(7-9-14)17(21)19-15-4-3-5-16(12-15)20-10-1-2-11-20/h3-9,12H,1-2,10-11H2,(H,19,21). The smallest absolute Gasteiger partial charge is 0.255 e. The van der Waals surface area contributed by atoms with Crippen LogP contribution in [0.5, 0.6) is 0 Å². The van der Waals surface area contributed by atoms with E-state index >= 15 is 0 Å². The molecule has 0 radical (unpaired) electrons. The Morgan fingerprint density at radius 3 is 2.48 bits per heavy atom. The molecule has 2 aromatic rings. The van der Waals surface area contributed by atoms with Crippen molar-refractivity contribution in [2.75, 3.05) is 23.3 Å². The monoisotopic (exact) mass is 284 g/mol. The van der Waals surface area contributed by atoms with E-state index in [9.17, 15) is 9.18 Å². The average molecular weight is 284 g/mol. The summed E-state index contributed by atoms with van der Waals surface area (Å²) in [6.07, 6.45) is 2.43. The van der Waals surface area contributed by atoms with Gasteiger partial charge in [-0.1, -0.05) is 6.07 Å². The largest absolute Gasteiger partial charge is 0.371 e. The molecule has 0 spiro atoms. The molecular weight excluding hydrogens is 267 g/mol. The summed E-state index contributed by atoms with van der Waals surface area (Å²) in [6.45, 7) is 2.13. The van der Waals surface area contributed by atoms with Crippen molar-refractivity contribution in [2.45, 2.75) is 12.8 Å². The van der Waals surface area contributed by atoms with Crippen LogP contribution < -0.4 is 10.2 Å². The number of rotatable bonds is 3. The van der Waals surface area contributed by atoms with Gasteiger partial charge in [0.25, 0.3) is 5.91 Å². The Morgan fingerprint density at radius 1 is 1.05 bits per heavy atom. The van der Waals surface area contributed by atoms with Crippen molar-refractivity contribution in [2.24, 2.45) is 0 Å². The van der Waals surface area contributed by atoms with E-state index in [1.54, 1.807) is 0 Å². The summed E-state index contributed by atoms with van der Waals surface area (Å²) >= 11 is 0. The summed E-state index contributed by atoms with van der Waals surface area (Å²) in [5.41, 5.74) is 2.33. The molecule has 1 heterocycles. The Morgan fingerprint density at radius 2 is 1.76 bits per heavy atom. The third kappa shape index (κ3) is 3.21.